The van der Waals surface area contributed by atoms with Crippen molar-refractivity contribution in [2.45, 2.75) is 118 Å². The number of ketones is 1. The number of carbonyl (C=O) groups is 2. The number of ether oxygens (including phenoxy) is 1. The molecule has 1 aromatic heterocycles. The molecular weight excluding hydrogens is 529 g/mol. The summed E-state index contributed by atoms with van der Waals surface area (Å²) < 4.78 is 20.1. The zero-order chi connectivity index (χ0) is 30.6. The molecule has 5 aliphatic carbocycles. The normalized spacial score (nSPS) is 42.0. The lowest BCUT2D eigenvalue weighted by Gasteiger charge is -2.70. The fraction of sp³-hybridized carbons (Fsp3) is 0.800. The standard InChI is InChI=1S/C35H52FN3O3/c1-9-42-30(41)26(36)27(40)21-17-31(2,3)16-20-19(21)12-14-34(7)23(20)10-11-25-33(6)18-22-28(38-39-29(22)37)32(4,5)24(33)13-15-35(25,34)8/h10,19-21,24-26H,9,11-18H2,1-8H3,(H3,37,38,39)/t19-,20?,21+,24?,25?,26?,33-,34+,35+/m0/s1. The van der Waals surface area contributed by atoms with Gasteiger partial charge in [-0.1, -0.05) is 60.1 Å². The lowest BCUT2D eigenvalue weighted by Crippen LogP contribution is -2.64. The molecule has 4 unspecified atom stereocenters. The van der Waals surface area contributed by atoms with Crippen molar-refractivity contribution in [1.29, 1.82) is 0 Å². The minimum absolute atomic E-state index is 0.00863. The molecule has 0 spiro atoms. The van der Waals surface area contributed by atoms with Gasteiger partial charge in [-0.2, -0.15) is 5.10 Å². The van der Waals surface area contributed by atoms with Crippen LogP contribution in [-0.4, -0.2) is 34.7 Å². The highest BCUT2D eigenvalue weighted by atomic mass is 19.1. The number of halogens is 1. The molecule has 0 amide bonds. The van der Waals surface area contributed by atoms with Gasteiger partial charge in [-0.05, 0) is 104 Å². The number of fused-ring (bicyclic) bond motifs is 8. The van der Waals surface area contributed by atoms with Crippen LogP contribution < -0.4 is 5.73 Å². The van der Waals surface area contributed by atoms with Crippen molar-refractivity contribution in [2.24, 2.45) is 51.2 Å². The molecular formula is C35H52FN3O3. The highest BCUT2D eigenvalue weighted by Crippen LogP contribution is 2.74. The predicted octanol–water partition coefficient (Wildman–Crippen LogP) is 7.13. The van der Waals surface area contributed by atoms with Gasteiger partial charge in [0.1, 0.15) is 5.82 Å². The molecule has 1 heterocycles. The molecule has 0 aromatic carbocycles. The van der Waals surface area contributed by atoms with E-state index in [1.54, 1.807) is 6.92 Å². The highest BCUT2D eigenvalue weighted by molar-refractivity contribution is 6.03. The van der Waals surface area contributed by atoms with Crippen LogP contribution in [0.2, 0.25) is 0 Å². The van der Waals surface area contributed by atoms with Crippen molar-refractivity contribution >= 4 is 17.6 Å². The molecule has 7 heteroatoms. The van der Waals surface area contributed by atoms with Gasteiger partial charge in [0.2, 0.25) is 0 Å². The first-order valence-corrected chi connectivity index (χ1v) is 16.4. The van der Waals surface area contributed by atoms with Crippen LogP contribution in [0.4, 0.5) is 10.2 Å². The Bertz CT molecular complexity index is 1330. The number of esters is 1. The van der Waals surface area contributed by atoms with E-state index in [2.05, 4.69) is 59.6 Å². The lowest BCUT2D eigenvalue weighted by molar-refractivity contribution is -0.161. The van der Waals surface area contributed by atoms with Gasteiger partial charge < -0.3 is 10.5 Å². The summed E-state index contributed by atoms with van der Waals surface area (Å²) in [7, 11) is 0. The first-order valence-electron chi connectivity index (χ1n) is 16.4. The number of hydrogen-bond acceptors (Lipinski definition) is 5. The zero-order valence-corrected chi connectivity index (χ0v) is 27.0. The van der Waals surface area contributed by atoms with Crippen molar-refractivity contribution < 1.29 is 18.7 Å². The van der Waals surface area contributed by atoms with E-state index >= 15 is 4.39 Å². The third-order valence-electron chi connectivity index (χ3n) is 13.8. The van der Waals surface area contributed by atoms with E-state index in [0.29, 0.717) is 18.3 Å². The molecule has 3 saturated carbocycles. The van der Waals surface area contributed by atoms with Gasteiger partial charge >= 0.3 is 5.97 Å². The van der Waals surface area contributed by atoms with Gasteiger partial charge in [0.15, 0.2) is 5.78 Å². The summed E-state index contributed by atoms with van der Waals surface area (Å²) in [4.78, 5) is 25.8. The van der Waals surface area contributed by atoms with E-state index < -0.39 is 23.8 Å². The van der Waals surface area contributed by atoms with Crippen LogP contribution in [0.1, 0.15) is 112 Å². The lowest BCUT2D eigenvalue weighted by atomic mass is 9.34. The van der Waals surface area contributed by atoms with Crippen LogP contribution in [-0.2, 0) is 26.2 Å². The van der Waals surface area contributed by atoms with Gasteiger partial charge in [0, 0.05) is 16.9 Å². The second-order valence-electron chi connectivity index (χ2n) is 16.7. The van der Waals surface area contributed by atoms with Crippen molar-refractivity contribution in [2.75, 3.05) is 12.3 Å². The number of H-pyrrole nitrogens is 1. The van der Waals surface area contributed by atoms with Crippen LogP contribution in [0.5, 0.6) is 0 Å². The van der Waals surface area contributed by atoms with Crippen LogP contribution in [0.3, 0.4) is 0 Å². The molecule has 0 aliphatic heterocycles. The summed E-state index contributed by atoms with van der Waals surface area (Å²) in [6, 6.07) is 0. The number of alkyl halides is 1. The van der Waals surface area contributed by atoms with E-state index in [1.165, 1.54) is 17.6 Å². The average molecular weight is 582 g/mol. The maximum Gasteiger partial charge on any atom is 0.348 e. The summed E-state index contributed by atoms with van der Waals surface area (Å²) >= 11 is 0. The van der Waals surface area contributed by atoms with Crippen LogP contribution in [0.15, 0.2) is 11.6 Å². The number of nitrogens with one attached hydrogen (secondary N) is 1. The van der Waals surface area contributed by atoms with E-state index in [4.69, 9.17) is 15.6 Å². The van der Waals surface area contributed by atoms with Gasteiger partial charge in [-0.15, -0.1) is 0 Å². The number of allylic oxidation sites excluding steroid dienone is 2. The largest absolute Gasteiger partial charge is 0.463 e. The van der Waals surface area contributed by atoms with E-state index in [1.807, 2.05) is 0 Å². The molecule has 5 aliphatic rings. The molecule has 0 radical (unpaired) electrons. The topological polar surface area (TPSA) is 98.1 Å². The minimum atomic E-state index is -2.19. The Morgan fingerprint density at radius 1 is 1.10 bits per heavy atom. The van der Waals surface area contributed by atoms with Crippen LogP contribution in [0.25, 0.3) is 0 Å². The maximum absolute atomic E-state index is 15.2. The van der Waals surface area contributed by atoms with Gasteiger partial charge in [0.25, 0.3) is 6.17 Å². The summed E-state index contributed by atoms with van der Waals surface area (Å²) in [5.74, 6) is 0.00641. The second-order valence-corrected chi connectivity index (χ2v) is 16.7. The number of Topliss-reactive ketones (excluding diaryl/α,β-unsaturated/α-hetero) is 1. The predicted molar refractivity (Wildman–Crippen MR) is 162 cm³/mol. The second kappa shape index (κ2) is 9.41. The number of carbonyl (C=O) groups excluding carboxylic acids is 2. The first-order chi connectivity index (χ1) is 19.5. The molecule has 1 aromatic rings. The number of aromatic amines is 1. The minimum Gasteiger partial charge on any atom is -0.463 e. The summed E-state index contributed by atoms with van der Waals surface area (Å²) in [5, 5.41) is 7.80. The Kier molecular flexibility index (Phi) is 6.69. The third-order valence-corrected chi connectivity index (χ3v) is 13.8. The van der Waals surface area contributed by atoms with Gasteiger partial charge in [0.05, 0.1) is 12.3 Å². The van der Waals surface area contributed by atoms with Crippen molar-refractivity contribution in [1.82, 2.24) is 10.2 Å². The smallest absolute Gasteiger partial charge is 0.348 e. The number of nitrogen functional groups attached to an aromatic ring is 1. The van der Waals surface area contributed by atoms with Gasteiger partial charge in [-0.3, -0.25) is 9.89 Å². The Morgan fingerprint density at radius 2 is 1.81 bits per heavy atom. The number of hydrogen-bond donors (Lipinski definition) is 2. The molecule has 3 N–H and O–H groups in total. The van der Waals surface area contributed by atoms with Crippen molar-refractivity contribution in [3.63, 3.8) is 0 Å². The quantitative estimate of drug-likeness (QED) is 0.224. The summed E-state index contributed by atoms with van der Waals surface area (Å²) in [6.45, 7) is 18.5. The number of rotatable bonds is 4. The van der Waals surface area contributed by atoms with E-state index in [0.717, 1.165) is 50.0 Å². The maximum atomic E-state index is 15.2. The molecule has 6 nitrogen and oxygen atoms in total. The number of nitrogens with zero attached hydrogens (tertiary/aromatic N) is 1. The van der Waals surface area contributed by atoms with Crippen molar-refractivity contribution in [3.8, 4) is 0 Å². The summed E-state index contributed by atoms with van der Waals surface area (Å²) in [6.07, 6.45) is 8.20. The van der Waals surface area contributed by atoms with Gasteiger partial charge in [-0.25, -0.2) is 9.18 Å². The monoisotopic (exact) mass is 581 g/mol. The Hall–Kier alpha value is -2.18. The van der Waals surface area contributed by atoms with Crippen LogP contribution >= 0.6 is 0 Å². The fourth-order valence-electron chi connectivity index (χ4n) is 11.9. The molecule has 9 atom stereocenters. The summed E-state index contributed by atoms with van der Waals surface area (Å²) in [5.41, 5.74) is 10.4. The molecule has 232 valence electrons. The molecule has 0 bridgehead atoms. The highest BCUT2D eigenvalue weighted by Gasteiger charge is 2.67. The zero-order valence-electron chi connectivity index (χ0n) is 27.0. The average Bonchev–Trinajstić information content (AvgIpc) is 3.27. The number of nitrogens with two attached hydrogens (primary N) is 1. The molecule has 42 heavy (non-hydrogen) atoms. The first kappa shape index (κ1) is 29.9. The van der Waals surface area contributed by atoms with Crippen molar-refractivity contribution in [3.05, 3.63) is 22.9 Å². The van der Waals surface area contributed by atoms with E-state index in [-0.39, 0.29) is 45.5 Å². The third kappa shape index (κ3) is 3.89. The number of anilines is 1. The fourth-order valence-corrected chi connectivity index (χ4v) is 11.9. The van der Waals surface area contributed by atoms with E-state index in [9.17, 15) is 9.59 Å². The SMILES string of the molecule is CCOC(=O)C(F)C(=O)[C@@H]1CC(C)(C)CC2C3=CCC4[C@@]5(C)Cc6c(n[nH]c6N)C(C)(C)C5CC[C@@]4(C)[C@]3(C)CC[C@@H]21. The molecule has 3 fully saturated rings. The Morgan fingerprint density at radius 3 is 2.50 bits per heavy atom. The molecule has 6 rings (SSSR count). The Labute approximate surface area is 251 Å². The molecule has 0 saturated heterocycles. The van der Waals surface area contributed by atoms with Crippen LogP contribution in [0, 0.1) is 51.2 Å². The Balaban J connectivity index is 1.38. The number of aromatic nitrogens is 2.